The second-order valence-corrected chi connectivity index (χ2v) is 5.05. The molecule has 0 N–H and O–H groups in total. The molecule has 0 radical (unpaired) electrons. The van der Waals surface area contributed by atoms with Crippen LogP contribution in [-0.4, -0.2) is 12.6 Å². The Balaban J connectivity index is 2.15. The summed E-state index contributed by atoms with van der Waals surface area (Å²) in [5, 5.41) is 0. The Bertz CT molecular complexity index is 280. The molecule has 0 aliphatic heterocycles. The van der Waals surface area contributed by atoms with Crippen LogP contribution in [0.4, 0.5) is 0 Å². The first-order valence-corrected chi connectivity index (χ1v) is 6.00. The largest absolute Gasteiger partial charge is 0.466 e. The van der Waals surface area contributed by atoms with Crippen LogP contribution >= 0.6 is 0 Å². The Morgan fingerprint density at radius 3 is 2.67 bits per heavy atom. The van der Waals surface area contributed by atoms with Crippen LogP contribution in [0, 0.1) is 29.6 Å². The Morgan fingerprint density at radius 2 is 2.07 bits per heavy atom. The van der Waals surface area contributed by atoms with Gasteiger partial charge in [-0.1, -0.05) is 26.0 Å². The highest BCUT2D eigenvalue weighted by Gasteiger charge is 2.49. The fourth-order valence-electron chi connectivity index (χ4n) is 3.34. The van der Waals surface area contributed by atoms with Gasteiger partial charge in [0, 0.05) is 0 Å². The van der Waals surface area contributed by atoms with Crippen LogP contribution in [0.15, 0.2) is 12.2 Å². The van der Waals surface area contributed by atoms with Crippen LogP contribution in [0.3, 0.4) is 0 Å². The number of esters is 1. The summed E-state index contributed by atoms with van der Waals surface area (Å²) in [4.78, 5) is 11.9. The fraction of sp³-hybridized carbons (Fsp3) is 0.769. The molecule has 0 aromatic rings. The van der Waals surface area contributed by atoms with Crippen molar-refractivity contribution in [2.24, 2.45) is 29.6 Å². The molecule has 2 aliphatic carbocycles. The van der Waals surface area contributed by atoms with Gasteiger partial charge in [-0.25, -0.2) is 0 Å². The third-order valence-electron chi connectivity index (χ3n) is 3.85. The second-order valence-electron chi connectivity index (χ2n) is 5.05. The summed E-state index contributed by atoms with van der Waals surface area (Å²) < 4.78 is 5.19. The summed E-state index contributed by atoms with van der Waals surface area (Å²) in [6.45, 7) is 6.81. The van der Waals surface area contributed by atoms with Gasteiger partial charge in [0.2, 0.25) is 0 Å². The highest BCUT2D eigenvalue weighted by atomic mass is 16.5. The number of allylic oxidation sites excluding steroid dienone is 2. The third kappa shape index (κ3) is 1.70. The summed E-state index contributed by atoms with van der Waals surface area (Å²) in [6.07, 6.45) is 5.67. The summed E-state index contributed by atoms with van der Waals surface area (Å²) in [7, 11) is 0. The van der Waals surface area contributed by atoms with E-state index >= 15 is 0 Å². The molecular weight excluding hydrogens is 188 g/mol. The molecule has 0 saturated heterocycles. The van der Waals surface area contributed by atoms with Crippen LogP contribution in [0.1, 0.15) is 27.2 Å². The van der Waals surface area contributed by atoms with Crippen molar-refractivity contribution in [2.75, 3.05) is 6.61 Å². The van der Waals surface area contributed by atoms with Crippen molar-refractivity contribution in [3.05, 3.63) is 12.2 Å². The maximum atomic E-state index is 11.9. The van der Waals surface area contributed by atoms with E-state index in [0.717, 1.165) is 6.42 Å². The molecule has 0 heterocycles. The number of ether oxygens (including phenoxy) is 1. The van der Waals surface area contributed by atoms with Crippen molar-refractivity contribution in [1.29, 1.82) is 0 Å². The number of carbonyl (C=O) groups is 1. The van der Waals surface area contributed by atoms with Gasteiger partial charge in [0.15, 0.2) is 0 Å². The van der Waals surface area contributed by atoms with Crippen LogP contribution in [0.25, 0.3) is 0 Å². The maximum absolute atomic E-state index is 11.9. The van der Waals surface area contributed by atoms with Gasteiger partial charge in [-0.3, -0.25) is 4.79 Å². The second kappa shape index (κ2) is 3.99. The van der Waals surface area contributed by atoms with Crippen molar-refractivity contribution in [3.8, 4) is 0 Å². The maximum Gasteiger partial charge on any atom is 0.309 e. The molecule has 2 rings (SSSR count). The fourth-order valence-corrected chi connectivity index (χ4v) is 3.34. The molecule has 0 aromatic heterocycles. The zero-order chi connectivity index (χ0) is 11.0. The van der Waals surface area contributed by atoms with Gasteiger partial charge in [-0.15, -0.1) is 0 Å². The van der Waals surface area contributed by atoms with Gasteiger partial charge in [-0.05, 0) is 37.0 Å². The lowest BCUT2D eigenvalue weighted by molar-refractivity contribution is -0.151. The number of carbonyl (C=O) groups excluding carboxylic acids is 1. The molecular formula is C13H20O2. The van der Waals surface area contributed by atoms with Gasteiger partial charge < -0.3 is 4.74 Å². The van der Waals surface area contributed by atoms with Crippen LogP contribution in [0.5, 0.6) is 0 Å². The summed E-state index contributed by atoms with van der Waals surface area (Å²) in [5.74, 6) is 2.28. The normalized spacial score (nSPS) is 37.6. The molecule has 2 heteroatoms. The minimum atomic E-state index is 0.0213. The standard InChI is InChI=1S/C13H20O2/c1-4-15-13(14)12-10-6-5-9(7-10)11(12)8(2)3/h5-6,8-12H,4,7H2,1-3H3/t9-,10+,11+,12+/m0/s1. The molecule has 0 unspecified atom stereocenters. The molecule has 0 spiro atoms. The van der Waals surface area contributed by atoms with Gasteiger partial charge in [-0.2, -0.15) is 0 Å². The van der Waals surface area contributed by atoms with Crippen molar-refractivity contribution in [2.45, 2.75) is 27.2 Å². The zero-order valence-electron chi connectivity index (χ0n) is 9.77. The molecule has 0 aromatic carbocycles. The Hall–Kier alpha value is -0.790. The summed E-state index contributed by atoms with van der Waals surface area (Å²) in [5.41, 5.74) is 0. The molecule has 4 atom stereocenters. The van der Waals surface area contributed by atoms with E-state index in [1.165, 1.54) is 0 Å². The topological polar surface area (TPSA) is 26.3 Å². The Kier molecular flexibility index (Phi) is 2.85. The Morgan fingerprint density at radius 1 is 1.40 bits per heavy atom. The molecule has 84 valence electrons. The predicted octanol–water partition coefficient (Wildman–Crippen LogP) is 2.64. The minimum Gasteiger partial charge on any atom is -0.466 e. The molecule has 0 amide bonds. The van der Waals surface area contributed by atoms with E-state index in [9.17, 15) is 4.79 Å². The average Bonchev–Trinajstić information content (AvgIpc) is 2.76. The molecule has 15 heavy (non-hydrogen) atoms. The Labute approximate surface area is 91.7 Å². The van der Waals surface area contributed by atoms with Crippen molar-refractivity contribution in [1.82, 2.24) is 0 Å². The van der Waals surface area contributed by atoms with Gasteiger partial charge in [0.25, 0.3) is 0 Å². The number of hydrogen-bond acceptors (Lipinski definition) is 2. The zero-order valence-corrected chi connectivity index (χ0v) is 9.77. The molecule has 2 aliphatic rings. The van der Waals surface area contributed by atoms with E-state index in [4.69, 9.17) is 4.74 Å². The average molecular weight is 208 g/mol. The van der Waals surface area contributed by atoms with E-state index in [1.807, 2.05) is 6.92 Å². The van der Waals surface area contributed by atoms with Gasteiger partial charge >= 0.3 is 5.97 Å². The third-order valence-corrected chi connectivity index (χ3v) is 3.85. The predicted molar refractivity (Wildman–Crippen MR) is 59.2 cm³/mol. The first-order valence-electron chi connectivity index (χ1n) is 6.00. The summed E-state index contributed by atoms with van der Waals surface area (Å²) in [6, 6.07) is 0. The number of rotatable bonds is 3. The van der Waals surface area contributed by atoms with E-state index in [2.05, 4.69) is 26.0 Å². The van der Waals surface area contributed by atoms with E-state index < -0.39 is 0 Å². The van der Waals surface area contributed by atoms with Gasteiger partial charge in [0.05, 0.1) is 12.5 Å². The van der Waals surface area contributed by atoms with Crippen LogP contribution in [-0.2, 0) is 9.53 Å². The van der Waals surface area contributed by atoms with Crippen LogP contribution in [0.2, 0.25) is 0 Å². The van der Waals surface area contributed by atoms with E-state index in [0.29, 0.717) is 30.3 Å². The lowest BCUT2D eigenvalue weighted by atomic mass is 9.76. The smallest absolute Gasteiger partial charge is 0.309 e. The molecule has 2 nitrogen and oxygen atoms in total. The quantitative estimate of drug-likeness (QED) is 0.526. The first kappa shape index (κ1) is 10.7. The SMILES string of the molecule is CCOC(=O)[C@H]1[C@H](C(C)C)[C@H]2C=C[C@@H]1C2. The highest BCUT2D eigenvalue weighted by Crippen LogP contribution is 2.51. The van der Waals surface area contributed by atoms with Crippen molar-refractivity contribution >= 4 is 5.97 Å². The summed E-state index contributed by atoms with van der Waals surface area (Å²) >= 11 is 0. The monoisotopic (exact) mass is 208 g/mol. The molecule has 1 fully saturated rings. The van der Waals surface area contributed by atoms with Gasteiger partial charge in [0.1, 0.15) is 0 Å². The lowest BCUT2D eigenvalue weighted by Gasteiger charge is -2.29. The van der Waals surface area contributed by atoms with Crippen molar-refractivity contribution in [3.63, 3.8) is 0 Å². The van der Waals surface area contributed by atoms with Crippen LogP contribution < -0.4 is 0 Å². The minimum absolute atomic E-state index is 0.0213. The molecule has 2 bridgehead atoms. The van der Waals surface area contributed by atoms with Crippen molar-refractivity contribution < 1.29 is 9.53 Å². The van der Waals surface area contributed by atoms with E-state index in [-0.39, 0.29) is 11.9 Å². The number of fused-ring (bicyclic) bond motifs is 2. The molecule has 1 saturated carbocycles. The highest BCUT2D eigenvalue weighted by molar-refractivity contribution is 5.74. The first-order chi connectivity index (χ1) is 7.15. The lowest BCUT2D eigenvalue weighted by Crippen LogP contribution is -2.32. The van der Waals surface area contributed by atoms with E-state index in [1.54, 1.807) is 0 Å². The number of hydrogen-bond donors (Lipinski definition) is 0.